The van der Waals surface area contributed by atoms with Crippen molar-refractivity contribution in [1.29, 1.82) is 0 Å². The third kappa shape index (κ3) is 2.35. The minimum absolute atomic E-state index is 0.120. The van der Waals surface area contributed by atoms with Crippen molar-refractivity contribution < 1.29 is 8.83 Å². The lowest BCUT2D eigenvalue weighted by atomic mass is 10.1. The van der Waals surface area contributed by atoms with Crippen molar-refractivity contribution in [3.8, 4) is 11.5 Å². The molecule has 1 unspecified atom stereocenters. The number of nitrogens with one attached hydrogen (secondary N) is 1. The van der Waals surface area contributed by atoms with Gasteiger partial charge in [0.25, 0.3) is 5.89 Å². The molecule has 5 nitrogen and oxygen atoms in total. The van der Waals surface area contributed by atoms with Gasteiger partial charge in [0.2, 0.25) is 5.89 Å². The second kappa shape index (κ2) is 5.30. The fraction of sp³-hybridized carbons (Fsp3) is 0.200. The van der Waals surface area contributed by atoms with E-state index < -0.39 is 0 Å². The lowest BCUT2D eigenvalue weighted by Crippen LogP contribution is -2.17. The molecule has 1 atom stereocenters. The van der Waals surface area contributed by atoms with Crippen LogP contribution in [0.25, 0.3) is 11.5 Å². The van der Waals surface area contributed by atoms with Crippen LogP contribution in [0.1, 0.15) is 23.3 Å². The molecule has 0 radical (unpaired) electrons. The maximum absolute atomic E-state index is 5.75. The van der Waals surface area contributed by atoms with Crippen molar-refractivity contribution in [2.24, 2.45) is 0 Å². The summed E-state index contributed by atoms with van der Waals surface area (Å²) >= 11 is 0. The summed E-state index contributed by atoms with van der Waals surface area (Å²) in [5, 5.41) is 11.4. The molecule has 0 saturated heterocycles. The average Bonchev–Trinajstić information content (AvgIpc) is 3.10. The van der Waals surface area contributed by atoms with Gasteiger partial charge in [-0.1, -0.05) is 30.3 Å². The average molecular weight is 269 g/mol. The lowest BCUT2D eigenvalue weighted by Gasteiger charge is -2.11. The van der Waals surface area contributed by atoms with Gasteiger partial charge in [0.1, 0.15) is 18.1 Å². The molecule has 0 aliphatic rings. The summed E-state index contributed by atoms with van der Waals surface area (Å²) in [7, 11) is 1.86. The summed E-state index contributed by atoms with van der Waals surface area (Å²) in [6.45, 7) is 1.88. The van der Waals surface area contributed by atoms with Crippen LogP contribution in [0.3, 0.4) is 0 Å². The summed E-state index contributed by atoms with van der Waals surface area (Å²) in [5.74, 6) is 1.81. The van der Waals surface area contributed by atoms with Crippen molar-refractivity contribution in [3.63, 3.8) is 0 Å². The van der Waals surface area contributed by atoms with Gasteiger partial charge in [-0.3, -0.25) is 0 Å². The number of hydrogen-bond acceptors (Lipinski definition) is 5. The van der Waals surface area contributed by atoms with Gasteiger partial charge in [0.05, 0.1) is 5.56 Å². The van der Waals surface area contributed by atoms with E-state index in [1.807, 2.05) is 50.4 Å². The minimum Gasteiger partial charge on any atom is -0.469 e. The van der Waals surface area contributed by atoms with E-state index in [0.717, 1.165) is 16.9 Å². The Bertz CT molecular complexity index is 688. The Hall–Kier alpha value is -2.40. The van der Waals surface area contributed by atoms with Crippen LogP contribution in [-0.4, -0.2) is 17.2 Å². The third-order valence-corrected chi connectivity index (χ3v) is 3.09. The number of hydrogen-bond donors (Lipinski definition) is 1. The van der Waals surface area contributed by atoms with Crippen molar-refractivity contribution in [2.45, 2.75) is 13.0 Å². The molecule has 3 rings (SSSR count). The summed E-state index contributed by atoms with van der Waals surface area (Å²) in [5.41, 5.74) is 1.87. The molecule has 0 saturated carbocycles. The van der Waals surface area contributed by atoms with Crippen LogP contribution in [-0.2, 0) is 0 Å². The number of benzene rings is 1. The standard InChI is InChI=1S/C15H15N3O2/c1-10-8-12(9-19-10)14-17-18-15(20-14)13(16-2)11-6-4-3-5-7-11/h3-9,13,16H,1-2H3. The van der Waals surface area contributed by atoms with E-state index >= 15 is 0 Å². The lowest BCUT2D eigenvalue weighted by molar-refractivity contribution is 0.455. The molecule has 3 aromatic rings. The normalized spacial score (nSPS) is 12.5. The first-order chi connectivity index (χ1) is 9.78. The Morgan fingerprint density at radius 1 is 1.15 bits per heavy atom. The summed E-state index contributed by atoms with van der Waals surface area (Å²) < 4.78 is 11.0. The van der Waals surface area contributed by atoms with Crippen molar-refractivity contribution in [3.05, 3.63) is 59.9 Å². The van der Waals surface area contributed by atoms with Crippen molar-refractivity contribution in [2.75, 3.05) is 7.05 Å². The molecule has 2 aromatic heterocycles. The molecule has 0 aliphatic carbocycles. The number of rotatable bonds is 4. The molecule has 102 valence electrons. The van der Waals surface area contributed by atoms with Crippen molar-refractivity contribution in [1.82, 2.24) is 15.5 Å². The van der Waals surface area contributed by atoms with Gasteiger partial charge >= 0.3 is 0 Å². The van der Waals surface area contributed by atoms with E-state index in [1.54, 1.807) is 6.26 Å². The van der Waals surface area contributed by atoms with E-state index in [-0.39, 0.29) is 6.04 Å². The van der Waals surface area contributed by atoms with E-state index in [9.17, 15) is 0 Å². The monoisotopic (exact) mass is 269 g/mol. The SMILES string of the molecule is CNC(c1ccccc1)c1nnc(-c2coc(C)c2)o1. The minimum atomic E-state index is -0.120. The van der Waals surface area contributed by atoms with Crippen LogP contribution >= 0.6 is 0 Å². The molecule has 2 heterocycles. The van der Waals surface area contributed by atoms with Gasteiger partial charge in [-0.25, -0.2) is 0 Å². The molecule has 1 aromatic carbocycles. The Balaban J connectivity index is 1.92. The fourth-order valence-corrected chi connectivity index (χ4v) is 2.10. The zero-order valence-electron chi connectivity index (χ0n) is 11.3. The van der Waals surface area contributed by atoms with Gasteiger partial charge in [-0.2, -0.15) is 0 Å². The highest BCUT2D eigenvalue weighted by molar-refractivity contribution is 5.51. The van der Waals surface area contributed by atoms with Gasteiger partial charge in [0, 0.05) is 0 Å². The number of aryl methyl sites for hydroxylation is 1. The zero-order valence-corrected chi connectivity index (χ0v) is 11.3. The first-order valence-electron chi connectivity index (χ1n) is 6.39. The van der Waals surface area contributed by atoms with E-state index in [2.05, 4.69) is 15.5 Å². The highest BCUT2D eigenvalue weighted by atomic mass is 16.4. The van der Waals surface area contributed by atoms with E-state index in [4.69, 9.17) is 8.83 Å². The third-order valence-electron chi connectivity index (χ3n) is 3.09. The van der Waals surface area contributed by atoms with E-state index in [1.165, 1.54) is 0 Å². The molecule has 20 heavy (non-hydrogen) atoms. The van der Waals surface area contributed by atoms with Crippen molar-refractivity contribution >= 4 is 0 Å². The van der Waals surface area contributed by atoms with Crippen LogP contribution < -0.4 is 5.32 Å². The summed E-state index contributed by atoms with van der Waals surface area (Å²) in [6.07, 6.45) is 1.61. The molecule has 0 spiro atoms. The molecule has 5 heteroatoms. The highest BCUT2D eigenvalue weighted by Crippen LogP contribution is 2.25. The van der Waals surface area contributed by atoms with Gasteiger partial charge in [-0.15, -0.1) is 10.2 Å². The maximum Gasteiger partial charge on any atom is 0.251 e. The number of nitrogens with zero attached hydrogens (tertiary/aromatic N) is 2. The quantitative estimate of drug-likeness (QED) is 0.789. The molecular formula is C15H15N3O2. The zero-order chi connectivity index (χ0) is 13.9. The Labute approximate surface area is 116 Å². The first kappa shape index (κ1) is 12.6. The molecule has 1 N–H and O–H groups in total. The second-order valence-electron chi connectivity index (χ2n) is 4.52. The molecule has 0 aliphatic heterocycles. The Morgan fingerprint density at radius 2 is 1.95 bits per heavy atom. The molecule has 0 amide bonds. The predicted molar refractivity (Wildman–Crippen MR) is 74.1 cm³/mol. The number of furan rings is 1. The molecular weight excluding hydrogens is 254 g/mol. The van der Waals surface area contributed by atoms with Crippen LogP contribution in [0.2, 0.25) is 0 Å². The highest BCUT2D eigenvalue weighted by Gasteiger charge is 2.19. The first-order valence-corrected chi connectivity index (χ1v) is 6.39. The molecule has 0 bridgehead atoms. The van der Waals surface area contributed by atoms with Gasteiger partial charge in [0.15, 0.2) is 0 Å². The smallest absolute Gasteiger partial charge is 0.251 e. The van der Waals surface area contributed by atoms with Crippen LogP contribution in [0.5, 0.6) is 0 Å². The topological polar surface area (TPSA) is 64.1 Å². The predicted octanol–water partition coefficient (Wildman–Crippen LogP) is 2.95. The maximum atomic E-state index is 5.75. The summed E-state index contributed by atoms with van der Waals surface area (Å²) in [4.78, 5) is 0. The molecule has 0 fully saturated rings. The largest absolute Gasteiger partial charge is 0.469 e. The van der Waals surface area contributed by atoms with Crippen LogP contribution in [0.4, 0.5) is 0 Å². The van der Waals surface area contributed by atoms with Crippen LogP contribution in [0, 0.1) is 6.92 Å². The Morgan fingerprint density at radius 3 is 2.60 bits per heavy atom. The summed E-state index contributed by atoms with van der Waals surface area (Å²) in [6, 6.07) is 11.7. The van der Waals surface area contributed by atoms with Crippen LogP contribution in [0.15, 0.2) is 51.5 Å². The van der Waals surface area contributed by atoms with E-state index in [0.29, 0.717) is 11.8 Å². The number of aromatic nitrogens is 2. The second-order valence-corrected chi connectivity index (χ2v) is 4.52. The Kier molecular flexibility index (Phi) is 3.35. The fourth-order valence-electron chi connectivity index (χ4n) is 2.10. The van der Waals surface area contributed by atoms with Gasteiger partial charge in [-0.05, 0) is 25.6 Å². The van der Waals surface area contributed by atoms with Gasteiger partial charge < -0.3 is 14.2 Å².